The minimum Gasteiger partial charge on any atom is -0.461 e. The van der Waals surface area contributed by atoms with Crippen LogP contribution in [0.15, 0.2) is 0 Å². The summed E-state index contributed by atoms with van der Waals surface area (Å²) < 4.78 is 6.80. The Kier molecular flexibility index (Phi) is 6.28. The molecule has 0 unspecified atom stereocenters. The molecular formula is C29H47IO2. The van der Waals surface area contributed by atoms with E-state index in [4.69, 9.17) is 4.74 Å². The highest BCUT2D eigenvalue weighted by Gasteiger charge is 2.78. The van der Waals surface area contributed by atoms with Gasteiger partial charge in [0.05, 0.1) is 4.43 Å². The van der Waals surface area contributed by atoms with Crippen LogP contribution >= 0.6 is 22.6 Å². The lowest BCUT2D eigenvalue weighted by molar-refractivity contribution is -0.181. The molecule has 0 aromatic carbocycles. The van der Waals surface area contributed by atoms with E-state index in [-0.39, 0.29) is 12.1 Å². The molecule has 182 valence electrons. The third-order valence-electron chi connectivity index (χ3n) is 12.1. The van der Waals surface area contributed by atoms with E-state index in [0.717, 1.165) is 41.4 Å². The van der Waals surface area contributed by atoms with Crippen molar-refractivity contribution in [3.63, 3.8) is 0 Å². The molecule has 2 nitrogen and oxygen atoms in total. The van der Waals surface area contributed by atoms with Gasteiger partial charge in [-0.25, -0.2) is 0 Å². The molecule has 0 aromatic rings. The van der Waals surface area contributed by atoms with Gasteiger partial charge in [0.2, 0.25) is 0 Å². The SMILES string of the molecule is CC(C)CCC[C@H](C)[C@@H]1CC[C@@H]2[C@@H]3C[C@H](OC(=O)CI)[C@]45C[C@H]4CC[C@]5(C)[C@@H]3CC[C@@]21C. The van der Waals surface area contributed by atoms with E-state index in [1.165, 1.54) is 70.6 Å². The standard InChI is InChI=1S/C29H47IO2/c1-18(2)7-6-8-19(3)22-9-10-23-21-15-25(32-26(31)17-30)29-16-20(29)11-14-28(29,5)24(21)12-13-27(22,23)4/h18-25H,6-17H2,1-5H3/t19-,20+,21-,22-,23+,24+,25-,27+,28+,29-/m0/s1. The maximum absolute atomic E-state index is 12.4. The third kappa shape index (κ3) is 3.39. The Morgan fingerprint density at radius 1 is 1.03 bits per heavy atom. The maximum atomic E-state index is 12.4. The summed E-state index contributed by atoms with van der Waals surface area (Å²) in [7, 11) is 0. The number of hydrogen-bond acceptors (Lipinski definition) is 2. The number of carbonyl (C=O) groups excluding carboxylic acids is 1. The zero-order valence-corrected chi connectivity index (χ0v) is 23.5. The zero-order chi connectivity index (χ0) is 22.9. The predicted octanol–water partition coefficient (Wildman–Crippen LogP) is 8.06. The number of alkyl halides is 1. The van der Waals surface area contributed by atoms with Gasteiger partial charge in [0, 0.05) is 5.41 Å². The van der Waals surface area contributed by atoms with Gasteiger partial charge in [-0.1, -0.05) is 76.5 Å². The Hall–Kier alpha value is 0.200. The van der Waals surface area contributed by atoms with E-state index >= 15 is 0 Å². The van der Waals surface area contributed by atoms with E-state index in [1.54, 1.807) is 0 Å². The second-order valence-electron chi connectivity index (χ2n) is 13.7. The molecule has 0 saturated heterocycles. The fraction of sp³-hybridized carbons (Fsp3) is 0.966. The normalized spacial score (nSPS) is 49.7. The molecule has 0 bridgehead atoms. The number of rotatable bonds is 7. The van der Waals surface area contributed by atoms with Crippen LogP contribution in [0, 0.1) is 57.7 Å². The van der Waals surface area contributed by atoms with Crippen LogP contribution in [-0.2, 0) is 9.53 Å². The van der Waals surface area contributed by atoms with Gasteiger partial charge in [-0.2, -0.15) is 0 Å². The minimum absolute atomic E-state index is 0.0324. The third-order valence-corrected chi connectivity index (χ3v) is 12.8. The highest BCUT2D eigenvalue weighted by Crippen LogP contribution is 2.82. The first-order valence-corrected chi connectivity index (χ1v) is 15.5. The molecule has 0 radical (unpaired) electrons. The molecule has 0 aromatic heterocycles. The smallest absolute Gasteiger partial charge is 0.316 e. The Bertz CT molecular complexity index is 735. The van der Waals surface area contributed by atoms with Gasteiger partial charge in [0.1, 0.15) is 6.10 Å². The fourth-order valence-corrected chi connectivity index (χ4v) is 10.8. The molecule has 5 fully saturated rings. The molecule has 5 saturated carbocycles. The van der Waals surface area contributed by atoms with Crippen LogP contribution in [0.2, 0.25) is 0 Å². The topological polar surface area (TPSA) is 26.3 Å². The lowest BCUT2D eigenvalue weighted by Gasteiger charge is -2.60. The second-order valence-corrected chi connectivity index (χ2v) is 14.4. The average molecular weight is 555 g/mol. The van der Waals surface area contributed by atoms with Crippen LogP contribution in [0.25, 0.3) is 0 Å². The van der Waals surface area contributed by atoms with Gasteiger partial charge in [-0.3, -0.25) is 4.79 Å². The van der Waals surface area contributed by atoms with Crippen molar-refractivity contribution in [1.29, 1.82) is 0 Å². The van der Waals surface area contributed by atoms with Crippen molar-refractivity contribution in [2.24, 2.45) is 57.7 Å². The summed E-state index contributed by atoms with van der Waals surface area (Å²) in [5.41, 5.74) is 1.27. The van der Waals surface area contributed by atoms with Crippen molar-refractivity contribution in [2.75, 3.05) is 4.43 Å². The minimum atomic E-state index is 0.0324. The van der Waals surface area contributed by atoms with E-state index < -0.39 is 0 Å². The van der Waals surface area contributed by atoms with Crippen LogP contribution in [0.1, 0.15) is 105 Å². The van der Waals surface area contributed by atoms with Crippen molar-refractivity contribution < 1.29 is 9.53 Å². The van der Waals surface area contributed by atoms with E-state index in [1.807, 2.05) is 0 Å². The molecule has 32 heavy (non-hydrogen) atoms. The summed E-state index contributed by atoms with van der Waals surface area (Å²) in [6, 6.07) is 0. The van der Waals surface area contributed by atoms with E-state index in [0.29, 0.717) is 20.7 Å². The summed E-state index contributed by atoms with van der Waals surface area (Å²) in [5.74, 6) is 5.97. The van der Waals surface area contributed by atoms with Gasteiger partial charge in [-0.05, 0) is 104 Å². The van der Waals surface area contributed by atoms with E-state index in [2.05, 4.69) is 57.2 Å². The largest absolute Gasteiger partial charge is 0.461 e. The van der Waals surface area contributed by atoms with Gasteiger partial charge in [-0.15, -0.1) is 0 Å². The lowest BCUT2D eigenvalue weighted by atomic mass is 9.45. The number of fused-ring (bicyclic) bond motifs is 4. The van der Waals surface area contributed by atoms with Crippen molar-refractivity contribution >= 4 is 28.6 Å². The summed E-state index contributed by atoms with van der Waals surface area (Å²) >= 11 is 2.19. The maximum Gasteiger partial charge on any atom is 0.316 e. The molecule has 0 N–H and O–H groups in total. The van der Waals surface area contributed by atoms with Crippen molar-refractivity contribution in [3.8, 4) is 0 Å². The van der Waals surface area contributed by atoms with Crippen molar-refractivity contribution in [1.82, 2.24) is 0 Å². The fourth-order valence-electron chi connectivity index (χ4n) is 10.6. The van der Waals surface area contributed by atoms with Gasteiger partial charge >= 0.3 is 5.97 Å². The van der Waals surface area contributed by atoms with Gasteiger partial charge < -0.3 is 4.74 Å². The number of carbonyl (C=O) groups is 1. The second kappa shape index (κ2) is 8.40. The molecule has 3 heteroatoms. The first kappa shape index (κ1) is 23.9. The van der Waals surface area contributed by atoms with Crippen LogP contribution in [-0.4, -0.2) is 16.5 Å². The summed E-state index contributed by atoms with van der Waals surface area (Å²) in [4.78, 5) is 12.4. The zero-order valence-electron chi connectivity index (χ0n) is 21.3. The average Bonchev–Trinajstić information content (AvgIpc) is 3.26. The number of esters is 1. The quantitative estimate of drug-likeness (QED) is 0.181. The van der Waals surface area contributed by atoms with Gasteiger partial charge in [0.15, 0.2) is 0 Å². The molecule has 5 aliphatic rings. The van der Waals surface area contributed by atoms with Crippen molar-refractivity contribution in [2.45, 2.75) is 111 Å². The molecule has 0 aliphatic heterocycles. The molecular weight excluding hydrogens is 507 g/mol. The summed E-state index contributed by atoms with van der Waals surface area (Å²) in [6.45, 7) is 12.6. The Morgan fingerprint density at radius 3 is 2.50 bits per heavy atom. The first-order chi connectivity index (χ1) is 15.2. The number of ether oxygens (including phenoxy) is 1. The lowest BCUT2D eigenvalue weighted by Crippen LogP contribution is -2.57. The van der Waals surface area contributed by atoms with Gasteiger partial charge in [0.25, 0.3) is 0 Å². The molecule has 10 atom stereocenters. The number of hydrogen-bond donors (Lipinski definition) is 0. The monoisotopic (exact) mass is 554 g/mol. The molecule has 5 aliphatic carbocycles. The Morgan fingerprint density at radius 2 is 1.81 bits per heavy atom. The molecule has 0 heterocycles. The highest BCUT2D eigenvalue weighted by molar-refractivity contribution is 14.1. The van der Waals surface area contributed by atoms with Crippen LogP contribution < -0.4 is 0 Å². The van der Waals surface area contributed by atoms with Crippen molar-refractivity contribution in [3.05, 3.63) is 0 Å². The summed E-state index contributed by atoms with van der Waals surface area (Å²) in [5, 5.41) is 0. The first-order valence-electron chi connectivity index (χ1n) is 13.9. The predicted molar refractivity (Wildman–Crippen MR) is 140 cm³/mol. The Balaban J connectivity index is 1.37. The van der Waals surface area contributed by atoms with Crippen LogP contribution in [0.4, 0.5) is 0 Å². The number of halogens is 1. The summed E-state index contributed by atoms with van der Waals surface area (Å²) in [6.07, 6.45) is 15.4. The Labute approximate surface area is 210 Å². The van der Waals surface area contributed by atoms with E-state index in [9.17, 15) is 4.79 Å². The molecule has 1 spiro atoms. The highest BCUT2D eigenvalue weighted by atomic mass is 127. The van der Waals surface area contributed by atoms with Crippen LogP contribution in [0.3, 0.4) is 0 Å². The molecule has 0 amide bonds. The van der Waals surface area contributed by atoms with Crippen LogP contribution in [0.5, 0.6) is 0 Å². The molecule has 5 rings (SSSR count).